The molecule has 0 aliphatic heterocycles. The Morgan fingerprint density at radius 3 is 2.57 bits per heavy atom. The molecule has 0 fully saturated rings. The number of nitrogens with one attached hydrogen (secondary N) is 1. The molecule has 0 saturated carbocycles. The lowest BCUT2D eigenvalue weighted by atomic mass is 10.1. The van der Waals surface area contributed by atoms with E-state index in [0.29, 0.717) is 0 Å². The smallest absolute Gasteiger partial charge is 0.00489 e. The molecule has 82 valence electrons. The molecule has 0 bridgehead atoms. The lowest BCUT2D eigenvalue weighted by Gasteiger charge is -2.03. The van der Waals surface area contributed by atoms with Crippen LogP contribution in [0.15, 0.2) is 23.8 Å². The van der Waals surface area contributed by atoms with Crippen molar-refractivity contribution in [3.8, 4) is 0 Å². The van der Waals surface area contributed by atoms with E-state index in [-0.39, 0.29) is 0 Å². The molecule has 14 heavy (non-hydrogen) atoms. The van der Waals surface area contributed by atoms with E-state index in [0.717, 1.165) is 19.5 Å². The topological polar surface area (TPSA) is 12.0 Å². The fourth-order valence-electron chi connectivity index (χ4n) is 1.49. The SMILES string of the molecule is C/C=C/C(=C/CC)CCCCNCC. The van der Waals surface area contributed by atoms with E-state index in [1.165, 1.54) is 24.8 Å². The van der Waals surface area contributed by atoms with Gasteiger partial charge in [0.05, 0.1) is 0 Å². The summed E-state index contributed by atoms with van der Waals surface area (Å²) < 4.78 is 0. The predicted molar refractivity (Wildman–Crippen MR) is 65.6 cm³/mol. The highest BCUT2D eigenvalue weighted by Crippen LogP contribution is 2.09. The Kier molecular flexibility index (Phi) is 10.1. The summed E-state index contributed by atoms with van der Waals surface area (Å²) >= 11 is 0. The third-order valence-corrected chi connectivity index (χ3v) is 2.17. The first-order chi connectivity index (χ1) is 6.85. The van der Waals surface area contributed by atoms with Crippen LogP contribution in [0.5, 0.6) is 0 Å². The Labute approximate surface area is 89.3 Å². The van der Waals surface area contributed by atoms with Gasteiger partial charge in [-0.2, -0.15) is 0 Å². The van der Waals surface area contributed by atoms with Crippen molar-refractivity contribution in [3.63, 3.8) is 0 Å². The van der Waals surface area contributed by atoms with Gasteiger partial charge in [-0.15, -0.1) is 0 Å². The summed E-state index contributed by atoms with van der Waals surface area (Å²) in [6, 6.07) is 0. The average Bonchev–Trinajstić information content (AvgIpc) is 2.18. The number of hydrogen-bond donors (Lipinski definition) is 1. The molecule has 0 aromatic carbocycles. The molecule has 1 heteroatoms. The van der Waals surface area contributed by atoms with E-state index < -0.39 is 0 Å². The lowest BCUT2D eigenvalue weighted by molar-refractivity contribution is 0.641. The van der Waals surface area contributed by atoms with Crippen LogP contribution in [-0.4, -0.2) is 13.1 Å². The van der Waals surface area contributed by atoms with Gasteiger partial charge in [0, 0.05) is 0 Å². The van der Waals surface area contributed by atoms with Crippen LogP contribution >= 0.6 is 0 Å². The molecule has 0 heterocycles. The molecule has 0 saturated heterocycles. The number of hydrogen-bond acceptors (Lipinski definition) is 1. The van der Waals surface area contributed by atoms with E-state index in [1.54, 1.807) is 0 Å². The van der Waals surface area contributed by atoms with Gasteiger partial charge in [-0.25, -0.2) is 0 Å². The van der Waals surface area contributed by atoms with Gasteiger partial charge in [0.25, 0.3) is 0 Å². The van der Waals surface area contributed by atoms with Crippen molar-refractivity contribution < 1.29 is 0 Å². The molecule has 1 N–H and O–H groups in total. The van der Waals surface area contributed by atoms with Gasteiger partial charge < -0.3 is 5.32 Å². The summed E-state index contributed by atoms with van der Waals surface area (Å²) in [4.78, 5) is 0. The quantitative estimate of drug-likeness (QED) is 0.460. The number of unbranched alkanes of at least 4 members (excludes halogenated alkanes) is 1. The van der Waals surface area contributed by atoms with Crippen LogP contribution in [0.3, 0.4) is 0 Å². The van der Waals surface area contributed by atoms with Crippen LogP contribution in [0.4, 0.5) is 0 Å². The zero-order valence-electron chi connectivity index (χ0n) is 9.97. The first kappa shape index (κ1) is 13.4. The second kappa shape index (κ2) is 10.5. The molecule has 0 spiro atoms. The van der Waals surface area contributed by atoms with Gasteiger partial charge in [0.2, 0.25) is 0 Å². The fraction of sp³-hybridized carbons (Fsp3) is 0.692. The second-order valence-corrected chi connectivity index (χ2v) is 3.50. The Morgan fingerprint density at radius 2 is 2.00 bits per heavy atom. The highest BCUT2D eigenvalue weighted by Gasteiger charge is 1.92. The molecule has 0 aromatic heterocycles. The zero-order valence-corrected chi connectivity index (χ0v) is 9.97. The Morgan fingerprint density at radius 1 is 1.21 bits per heavy atom. The Bertz CT molecular complexity index is 168. The minimum Gasteiger partial charge on any atom is -0.317 e. The normalized spacial score (nSPS) is 12.6. The molecule has 0 aliphatic rings. The minimum absolute atomic E-state index is 1.09. The minimum atomic E-state index is 1.09. The molecule has 0 amide bonds. The average molecular weight is 195 g/mol. The van der Waals surface area contributed by atoms with Crippen LogP contribution in [0, 0.1) is 0 Å². The van der Waals surface area contributed by atoms with E-state index in [2.05, 4.69) is 44.3 Å². The van der Waals surface area contributed by atoms with E-state index >= 15 is 0 Å². The summed E-state index contributed by atoms with van der Waals surface area (Å²) in [7, 11) is 0. The fourth-order valence-corrected chi connectivity index (χ4v) is 1.49. The van der Waals surface area contributed by atoms with Gasteiger partial charge in [-0.3, -0.25) is 0 Å². The summed E-state index contributed by atoms with van der Waals surface area (Å²) in [5, 5.41) is 3.35. The van der Waals surface area contributed by atoms with Crippen LogP contribution in [0.25, 0.3) is 0 Å². The van der Waals surface area contributed by atoms with Crippen molar-refractivity contribution >= 4 is 0 Å². The summed E-state index contributed by atoms with van der Waals surface area (Å²) in [5.41, 5.74) is 1.49. The van der Waals surface area contributed by atoms with E-state index in [9.17, 15) is 0 Å². The van der Waals surface area contributed by atoms with Gasteiger partial charge >= 0.3 is 0 Å². The van der Waals surface area contributed by atoms with Crippen LogP contribution in [0.1, 0.15) is 46.5 Å². The summed E-state index contributed by atoms with van der Waals surface area (Å²) in [6.45, 7) is 8.69. The summed E-state index contributed by atoms with van der Waals surface area (Å²) in [5.74, 6) is 0. The molecule has 0 aromatic rings. The van der Waals surface area contributed by atoms with E-state index in [1.807, 2.05) is 0 Å². The molecular weight excluding hydrogens is 170 g/mol. The molecule has 0 atom stereocenters. The third-order valence-electron chi connectivity index (χ3n) is 2.17. The van der Waals surface area contributed by atoms with Crippen LogP contribution in [0.2, 0.25) is 0 Å². The maximum Gasteiger partial charge on any atom is -0.00489 e. The highest BCUT2D eigenvalue weighted by atomic mass is 14.8. The summed E-state index contributed by atoms with van der Waals surface area (Å²) in [6.07, 6.45) is 11.6. The van der Waals surface area contributed by atoms with Gasteiger partial charge in [-0.1, -0.05) is 37.6 Å². The first-order valence-electron chi connectivity index (χ1n) is 5.87. The van der Waals surface area contributed by atoms with E-state index in [4.69, 9.17) is 0 Å². The molecule has 0 unspecified atom stereocenters. The van der Waals surface area contributed by atoms with Crippen molar-refractivity contribution in [1.29, 1.82) is 0 Å². The first-order valence-corrected chi connectivity index (χ1v) is 5.87. The number of rotatable bonds is 8. The van der Waals surface area contributed by atoms with Crippen molar-refractivity contribution in [2.24, 2.45) is 0 Å². The van der Waals surface area contributed by atoms with Gasteiger partial charge in [-0.05, 0) is 45.7 Å². The monoisotopic (exact) mass is 195 g/mol. The van der Waals surface area contributed by atoms with Crippen molar-refractivity contribution in [2.45, 2.75) is 46.5 Å². The van der Waals surface area contributed by atoms with Crippen molar-refractivity contribution in [1.82, 2.24) is 5.32 Å². The second-order valence-electron chi connectivity index (χ2n) is 3.50. The van der Waals surface area contributed by atoms with Gasteiger partial charge in [0.15, 0.2) is 0 Å². The highest BCUT2D eigenvalue weighted by molar-refractivity contribution is 5.17. The number of allylic oxidation sites excluding steroid dienone is 4. The Hall–Kier alpha value is -0.560. The predicted octanol–water partition coefficient (Wildman–Crippen LogP) is 3.68. The maximum atomic E-state index is 3.35. The Balaban J connectivity index is 3.56. The van der Waals surface area contributed by atoms with Crippen molar-refractivity contribution in [2.75, 3.05) is 13.1 Å². The lowest BCUT2D eigenvalue weighted by Crippen LogP contribution is -2.13. The van der Waals surface area contributed by atoms with Crippen molar-refractivity contribution in [3.05, 3.63) is 23.8 Å². The maximum absolute atomic E-state index is 3.35. The van der Waals surface area contributed by atoms with Gasteiger partial charge in [0.1, 0.15) is 0 Å². The largest absolute Gasteiger partial charge is 0.317 e. The standard InChI is InChI=1S/C13H25N/c1-4-9-13(10-5-2)11-7-8-12-14-6-3/h4,9-10,14H,5-8,11-12H2,1-3H3/b9-4+,13-10-. The zero-order chi connectivity index (χ0) is 10.6. The third kappa shape index (κ3) is 8.06. The molecular formula is C13H25N. The molecule has 0 aliphatic carbocycles. The van der Waals surface area contributed by atoms with Crippen LogP contribution < -0.4 is 5.32 Å². The van der Waals surface area contributed by atoms with Crippen LogP contribution in [-0.2, 0) is 0 Å². The molecule has 1 nitrogen and oxygen atoms in total. The molecule has 0 radical (unpaired) electrons. The molecule has 0 rings (SSSR count).